The zero-order valence-electron chi connectivity index (χ0n) is 19.1. The topological polar surface area (TPSA) is 36.9 Å². The van der Waals surface area contributed by atoms with Crippen LogP contribution < -0.4 is 18.9 Å². The van der Waals surface area contributed by atoms with Crippen LogP contribution in [-0.2, 0) is 10.8 Å². The smallest absolute Gasteiger partial charge is 0.164 e. The van der Waals surface area contributed by atoms with Crippen LogP contribution in [0.4, 0.5) is 0 Å². The molecule has 0 heterocycles. The molecule has 0 unspecified atom stereocenters. The highest BCUT2D eigenvalue weighted by molar-refractivity contribution is 5.49. The fourth-order valence-corrected chi connectivity index (χ4v) is 2.72. The van der Waals surface area contributed by atoms with E-state index in [1.165, 1.54) is 11.1 Å². The molecule has 2 aromatic rings. The molecular weight excluding hydrogens is 352 g/mol. The van der Waals surface area contributed by atoms with Crippen LogP contribution in [0.15, 0.2) is 36.4 Å². The van der Waals surface area contributed by atoms with E-state index in [2.05, 4.69) is 47.6 Å². The van der Waals surface area contributed by atoms with E-state index in [4.69, 9.17) is 18.9 Å². The van der Waals surface area contributed by atoms with Gasteiger partial charge in [-0.05, 0) is 34.6 Å². The molecule has 4 heteroatoms. The summed E-state index contributed by atoms with van der Waals surface area (Å²) in [5, 5.41) is 0. The summed E-state index contributed by atoms with van der Waals surface area (Å²) in [6, 6.07) is 11.9. The highest BCUT2D eigenvalue weighted by Crippen LogP contribution is 2.37. The summed E-state index contributed by atoms with van der Waals surface area (Å²) < 4.78 is 21.0. The highest BCUT2D eigenvalue weighted by atomic mass is 16.5. The van der Waals surface area contributed by atoms with E-state index in [-0.39, 0.29) is 10.8 Å². The summed E-state index contributed by atoms with van der Waals surface area (Å²) >= 11 is 0. The summed E-state index contributed by atoms with van der Waals surface area (Å²) in [5.41, 5.74) is 2.56. The second-order valence-electron chi connectivity index (χ2n) is 8.64. The molecule has 0 aliphatic heterocycles. The van der Waals surface area contributed by atoms with E-state index in [9.17, 15) is 0 Å². The maximum absolute atomic E-state index is 5.37. The quantitative estimate of drug-likeness (QED) is 0.643. The molecule has 0 bridgehead atoms. The molecule has 0 N–H and O–H groups in total. The molecule has 0 fully saturated rings. The normalized spacial score (nSPS) is 11.2. The second kappa shape index (κ2) is 9.72. The largest absolute Gasteiger partial charge is 0.497 e. The molecule has 0 saturated heterocycles. The zero-order valence-corrected chi connectivity index (χ0v) is 19.1. The number of para-hydroxylation sites is 1. The molecule has 0 amide bonds. The fraction of sp³-hybridized carbons (Fsp3) is 0.500. The van der Waals surface area contributed by atoms with Gasteiger partial charge in [0, 0.05) is 11.6 Å². The van der Waals surface area contributed by atoms with Crippen molar-refractivity contribution in [3.05, 3.63) is 47.5 Å². The Morgan fingerprint density at radius 3 is 1.50 bits per heavy atom. The Morgan fingerprint density at radius 1 is 0.607 bits per heavy atom. The predicted molar refractivity (Wildman–Crippen MR) is 116 cm³/mol. The van der Waals surface area contributed by atoms with Crippen molar-refractivity contribution in [2.24, 2.45) is 0 Å². The molecular formula is C24H36O4. The average molecular weight is 389 g/mol. The van der Waals surface area contributed by atoms with E-state index in [0.29, 0.717) is 0 Å². The molecule has 2 rings (SSSR count). The van der Waals surface area contributed by atoms with Gasteiger partial charge in [0.2, 0.25) is 0 Å². The van der Waals surface area contributed by atoms with Gasteiger partial charge in [0.15, 0.2) is 11.5 Å². The van der Waals surface area contributed by atoms with Gasteiger partial charge in [-0.15, -0.1) is 0 Å². The first-order valence-corrected chi connectivity index (χ1v) is 9.43. The molecule has 0 spiro atoms. The summed E-state index contributed by atoms with van der Waals surface area (Å²) in [5.74, 6) is 3.31. The maximum atomic E-state index is 5.37. The van der Waals surface area contributed by atoms with Crippen LogP contribution >= 0.6 is 0 Å². The van der Waals surface area contributed by atoms with Gasteiger partial charge in [0.25, 0.3) is 0 Å². The van der Waals surface area contributed by atoms with Gasteiger partial charge in [0.1, 0.15) is 11.5 Å². The first-order valence-electron chi connectivity index (χ1n) is 9.43. The van der Waals surface area contributed by atoms with Crippen molar-refractivity contribution in [1.29, 1.82) is 0 Å². The third kappa shape index (κ3) is 6.36. The van der Waals surface area contributed by atoms with E-state index >= 15 is 0 Å². The molecule has 0 saturated carbocycles. The fourth-order valence-electron chi connectivity index (χ4n) is 2.72. The Balaban J connectivity index is 0.000000280. The van der Waals surface area contributed by atoms with Gasteiger partial charge in [0.05, 0.1) is 28.4 Å². The standard InChI is InChI=1S/2C12H18O2/c1-12(2,3)9-6-10(13-4)8-11(7-9)14-5;1-12(2,3)9-7-6-8-10(13-4)11(9)14-5/h2*6-8H,1-5H3. The number of methoxy groups -OCH3 is 4. The molecule has 0 radical (unpaired) electrons. The monoisotopic (exact) mass is 388 g/mol. The van der Waals surface area contributed by atoms with Gasteiger partial charge >= 0.3 is 0 Å². The summed E-state index contributed by atoms with van der Waals surface area (Å²) in [4.78, 5) is 0. The minimum Gasteiger partial charge on any atom is -0.497 e. The Morgan fingerprint density at radius 2 is 1.14 bits per heavy atom. The number of hydrogen-bond donors (Lipinski definition) is 0. The molecule has 4 nitrogen and oxygen atoms in total. The number of benzene rings is 2. The molecule has 0 aliphatic rings. The Bertz CT molecular complexity index is 730. The van der Waals surface area contributed by atoms with Crippen molar-refractivity contribution in [3.63, 3.8) is 0 Å². The summed E-state index contributed by atoms with van der Waals surface area (Å²) in [7, 11) is 6.67. The van der Waals surface area contributed by atoms with Gasteiger partial charge in [-0.1, -0.05) is 53.7 Å². The minimum atomic E-state index is 0.0693. The van der Waals surface area contributed by atoms with Gasteiger partial charge in [-0.3, -0.25) is 0 Å². The third-order valence-electron chi connectivity index (χ3n) is 4.43. The highest BCUT2D eigenvalue weighted by Gasteiger charge is 2.21. The lowest BCUT2D eigenvalue weighted by Gasteiger charge is -2.23. The van der Waals surface area contributed by atoms with Crippen molar-refractivity contribution in [3.8, 4) is 23.0 Å². The van der Waals surface area contributed by atoms with E-state index in [0.717, 1.165) is 23.0 Å². The van der Waals surface area contributed by atoms with Crippen LogP contribution in [0.5, 0.6) is 23.0 Å². The third-order valence-corrected chi connectivity index (χ3v) is 4.43. The number of hydrogen-bond acceptors (Lipinski definition) is 4. The molecule has 0 aliphatic carbocycles. The van der Waals surface area contributed by atoms with Crippen LogP contribution in [0.3, 0.4) is 0 Å². The van der Waals surface area contributed by atoms with Crippen LogP contribution in [0.1, 0.15) is 52.7 Å². The van der Waals surface area contributed by atoms with Crippen LogP contribution in [0.2, 0.25) is 0 Å². The van der Waals surface area contributed by atoms with E-state index < -0.39 is 0 Å². The average Bonchev–Trinajstić information content (AvgIpc) is 2.65. The van der Waals surface area contributed by atoms with Crippen molar-refractivity contribution in [2.45, 2.75) is 52.4 Å². The van der Waals surface area contributed by atoms with Crippen molar-refractivity contribution in [2.75, 3.05) is 28.4 Å². The lowest BCUT2D eigenvalue weighted by molar-refractivity contribution is 0.345. The maximum Gasteiger partial charge on any atom is 0.164 e. The molecule has 156 valence electrons. The zero-order chi connectivity index (χ0) is 21.5. The molecule has 2 aromatic carbocycles. The Kier molecular flexibility index (Phi) is 8.22. The van der Waals surface area contributed by atoms with Crippen molar-refractivity contribution in [1.82, 2.24) is 0 Å². The van der Waals surface area contributed by atoms with Crippen LogP contribution in [0.25, 0.3) is 0 Å². The molecule has 0 atom stereocenters. The first-order chi connectivity index (χ1) is 13.0. The van der Waals surface area contributed by atoms with Crippen molar-refractivity contribution < 1.29 is 18.9 Å². The summed E-state index contributed by atoms with van der Waals surface area (Å²) in [6.07, 6.45) is 0. The number of ether oxygens (including phenoxy) is 4. The first kappa shape index (κ1) is 23.7. The van der Waals surface area contributed by atoms with Crippen LogP contribution in [0, 0.1) is 0 Å². The van der Waals surface area contributed by atoms with E-state index in [1.807, 2.05) is 30.3 Å². The van der Waals surface area contributed by atoms with E-state index in [1.54, 1.807) is 28.4 Å². The molecule has 0 aromatic heterocycles. The predicted octanol–water partition coefficient (Wildman–Crippen LogP) is 6.00. The van der Waals surface area contributed by atoms with Crippen molar-refractivity contribution >= 4 is 0 Å². The molecule has 28 heavy (non-hydrogen) atoms. The Labute approximate surface area is 170 Å². The lowest BCUT2D eigenvalue weighted by Crippen LogP contribution is -2.13. The van der Waals surface area contributed by atoms with Gasteiger partial charge in [-0.2, -0.15) is 0 Å². The number of rotatable bonds is 4. The minimum absolute atomic E-state index is 0.0693. The van der Waals surface area contributed by atoms with Gasteiger partial charge < -0.3 is 18.9 Å². The van der Waals surface area contributed by atoms with Gasteiger partial charge in [-0.25, -0.2) is 0 Å². The second-order valence-corrected chi connectivity index (χ2v) is 8.64. The van der Waals surface area contributed by atoms with Crippen LogP contribution in [-0.4, -0.2) is 28.4 Å². The lowest BCUT2D eigenvalue weighted by atomic mass is 9.86. The Hall–Kier alpha value is -2.36. The SMILES string of the molecule is COc1cc(OC)cc(C(C)(C)C)c1.COc1cccc(C(C)(C)C)c1OC. The summed E-state index contributed by atoms with van der Waals surface area (Å²) in [6.45, 7) is 13.0.